The molecule has 0 atom stereocenters. The summed E-state index contributed by atoms with van der Waals surface area (Å²) in [5, 5.41) is 4.56. The molecule has 0 bridgehead atoms. The summed E-state index contributed by atoms with van der Waals surface area (Å²) in [4.78, 5) is 1.28. The second-order valence-corrected chi connectivity index (χ2v) is 5.50. The minimum absolute atomic E-state index is 0.587. The average Bonchev–Trinajstić information content (AvgIpc) is 2.09. The van der Waals surface area contributed by atoms with Crippen LogP contribution < -0.4 is 5.32 Å². The van der Waals surface area contributed by atoms with Crippen molar-refractivity contribution >= 4 is 23.4 Å². The lowest BCUT2D eigenvalue weighted by molar-refractivity contribution is 0.803. The van der Waals surface area contributed by atoms with Crippen LogP contribution in [-0.4, -0.2) is 12.3 Å². The summed E-state index contributed by atoms with van der Waals surface area (Å²) in [6, 6.07) is 6.07. The van der Waals surface area contributed by atoms with Crippen LogP contribution in [-0.2, 0) is 6.54 Å². The van der Waals surface area contributed by atoms with E-state index >= 15 is 0 Å². The van der Waals surface area contributed by atoms with Gasteiger partial charge in [-0.2, -0.15) is 0 Å². The number of thioether (sulfide) groups is 1. The Morgan fingerprint density at radius 2 is 2.14 bits per heavy atom. The van der Waals surface area contributed by atoms with E-state index in [0.29, 0.717) is 5.25 Å². The molecule has 1 aromatic rings. The number of rotatable bonds is 4. The highest BCUT2D eigenvalue weighted by atomic mass is 35.5. The number of halogens is 1. The SMILES string of the molecule is CNCc1ccc(Cl)cc1SC(C)C. The zero-order valence-corrected chi connectivity index (χ0v) is 10.4. The summed E-state index contributed by atoms with van der Waals surface area (Å²) in [7, 11) is 1.96. The first-order valence-corrected chi connectivity index (χ1v) is 5.99. The van der Waals surface area contributed by atoms with Gasteiger partial charge in [0, 0.05) is 21.7 Å². The summed E-state index contributed by atoms with van der Waals surface area (Å²) in [6.45, 7) is 5.27. The highest BCUT2D eigenvalue weighted by Gasteiger charge is 2.05. The van der Waals surface area contributed by atoms with Gasteiger partial charge < -0.3 is 5.32 Å². The quantitative estimate of drug-likeness (QED) is 0.793. The molecule has 3 heteroatoms. The Kier molecular flexibility index (Phi) is 4.79. The molecular formula is C11H16ClNS. The first-order valence-electron chi connectivity index (χ1n) is 4.73. The first kappa shape index (κ1) is 11.9. The van der Waals surface area contributed by atoms with Gasteiger partial charge in [0.2, 0.25) is 0 Å². The van der Waals surface area contributed by atoms with Crippen molar-refractivity contribution in [3.8, 4) is 0 Å². The molecule has 0 aliphatic heterocycles. The summed E-state index contributed by atoms with van der Waals surface area (Å²) < 4.78 is 0. The Balaban J connectivity index is 2.90. The molecule has 0 aromatic heterocycles. The third-order valence-electron chi connectivity index (χ3n) is 1.76. The molecular weight excluding hydrogens is 214 g/mol. The molecule has 0 saturated carbocycles. The normalized spacial score (nSPS) is 10.9. The molecule has 0 unspecified atom stereocenters. The molecule has 0 radical (unpaired) electrons. The molecule has 0 aliphatic carbocycles. The molecule has 14 heavy (non-hydrogen) atoms. The topological polar surface area (TPSA) is 12.0 Å². The molecule has 1 aromatic carbocycles. The van der Waals surface area contributed by atoms with E-state index < -0.39 is 0 Å². The fraction of sp³-hybridized carbons (Fsp3) is 0.455. The van der Waals surface area contributed by atoms with E-state index in [-0.39, 0.29) is 0 Å². The van der Waals surface area contributed by atoms with Gasteiger partial charge in [-0.25, -0.2) is 0 Å². The Hall–Kier alpha value is -0.180. The largest absolute Gasteiger partial charge is 0.316 e. The second-order valence-electron chi connectivity index (χ2n) is 3.45. The van der Waals surface area contributed by atoms with Crippen LogP contribution in [0.15, 0.2) is 23.1 Å². The van der Waals surface area contributed by atoms with Gasteiger partial charge in [-0.05, 0) is 24.7 Å². The smallest absolute Gasteiger partial charge is 0.0417 e. The van der Waals surface area contributed by atoms with E-state index in [1.54, 1.807) is 0 Å². The van der Waals surface area contributed by atoms with Crippen molar-refractivity contribution in [2.45, 2.75) is 30.5 Å². The fourth-order valence-electron chi connectivity index (χ4n) is 1.23. The van der Waals surface area contributed by atoms with Crippen LogP contribution in [0.2, 0.25) is 5.02 Å². The first-order chi connectivity index (χ1) is 6.63. The zero-order chi connectivity index (χ0) is 10.6. The molecule has 1 N–H and O–H groups in total. The molecule has 1 rings (SSSR count). The van der Waals surface area contributed by atoms with Gasteiger partial charge in [0.05, 0.1) is 0 Å². The van der Waals surface area contributed by atoms with E-state index in [0.717, 1.165) is 11.6 Å². The molecule has 0 fully saturated rings. The monoisotopic (exact) mass is 229 g/mol. The standard InChI is InChI=1S/C11H16ClNS/c1-8(2)14-11-6-10(12)5-4-9(11)7-13-3/h4-6,8,13H,7H2,1-3H3. The lowest BCUT2D eigenvalue weighted by Gasteiger charge is -2.11. The van der Waals surface area contributed by atoms with Gasteiger partial charge in [-0.3, -0.25) is 0 Å². The predicted molar refractivity (Wildman–Crippen MR) is 65.2 cm³/mol. The van der Waals surface area contributed by atoms with Crippen LogP contribution in [0, 0.1) is 0 Å². The number of benzene rings is 1. The molecule has 0 amide bonds. The average molecular weight is 230 g/mol. The lowest BCUT2D eigenvalue weighted by atomic mass is 10.2. The van der Waals surface area contributed by atoms with Crippen molar-refractivity contribution < 1.29 is 0 Å². The molecule has 78 valence electrons. The Morgan fingerprint density at radius 3 is 2.71 bits per heavy atom. The highest BCUT2D eigenvalue weighted by Crippen LogP contribution is 2.29. The van der Waals surface area contributed by atoms with E-state index in [1.165, 1.54) is 10.5 Å². The van der Waals surface area contributed by atoms with Crippen LogP contribution in [0.3, 0.4) is 0 Å². The third kappa shape index (κ3) is 3.52. The summed E-state index contributed by atoms with van der Waals surface area (Å²) in [5.74, 6) is 0. The maximum Gasteiger partial charge on any atom is 0.0417 e. The Bertz CT molecular complexity index is 299. The minimum atomic E-state index is 0.587. The minimum Gasteiger partial charge on any atom is -0.316 e. The Labute approximate surface area is 95.2 Å². The maximum atomic E-state index is 5.97. The van der Waals surface area contributed by atoms with Crippen molar-refractivity contribution in [3.05, 3.63) is 28.8 Å². The molecule has 0 aliphatic rings. The van der Waals surface area contributed by atoms with Gasteiger partial charge in [0.15, 0.2) is 0 Å². The predicted octanol–water partition coefficient (Wildman–Crippen LogP) is 3.56. The van der Waals surface area contributed by atoms with Crippen LogP contribution in [0.25, 0.3) is 0 Å². The van der Waals surface area contributed by atoms with Crippen molar-refractivity contribution in [3.63, 3.8) is 0 Å². The van der Waals surface area contributed by atoms with Crippen molar-refractivity contribution in [2.75, 3.05) is 7.05 Å². The summed E-state index contributed by atoms with van der Waals surface area (Å²) in [5.41, 5.74) is 1.32. The molecule has 0 saturated heterocycles. The number of hydrogen-bond donors (Lipinski definition) is 1. The second kappa shape index (κ2) is 5.64. The van der Waals surface area contributed by atoms with Gasteiger partial charge in [0.25, 0.3) is 0 Å². The highest BCUT2D eigenvalue weighted by molar-refractivity contribution is 8.00. The molecule has 0 spiro atoms. The number of hydrogen-bond acceptors (Lipinski definition) is 2. The summed E-state index contributed by atoms with van der Waals surface area (Å²) >= 11 is 7.82. The van der Waals surface area contributed by atoms with Crippen molar-refractivity contribution in [1.29, 1.82) is 0 Å². The van der Waals surface area contributed by atoms with Crippen LogP contribution in [0.4, 0.5) is 0 Å². The molecule has 0 heterocycles. The van der Waals surface area contributed by atoms with Crippen molar-refractivity contribution in [2.24, 2.45) is 0 Å². The fourth-order valence-corrected chi connectivity index (χ4v) is 2.46. The van der Waals surface area contributed by atoms with E-state index in [2.05, 4.69) is 25.2 Å². The third-order valence-corrected chi connectivity index (χ3v) is 3.10. The van der Waals surface area contributed by atoms with E-state index in [9.17, 15) is 0 Å². The van der Waals surface area contributed by atoms with Crippen LogP contribution in [0.1, 0.15) is 19.4 Å². The van der Waals surface area contributed by atoms with Crippen LogP contribution in [0.5, 0.6) is 0 Å². The molecule has 1 nitrogen and oxygen atoms in total. The van der Waals surface area contributed by atoms with E-state index in [1.807, 2.05) is 30.9 Å². The van der Waals surface area contributed by atoms with Gasteiger partial charge in [-0.15, -0.1) is 11.8 Å². The van der Waals surface area contributed by atoms with E-state index in [4.69, 9.17) is 11.6 Å². The maximum absolute atomic E-state index is 5.97. The Morgan fingerprint density at radius 1 is 1.43 bits per heavy atom. The van der Waals surface area contributed by atoms with Gasteiger partial charge in [0.1, 0.15) is 0 Å². The van der Waals surface area contributed by atoms with Gasteiger partial charge >= 0.3 is 0 Å². The van der Waals surface area contributed by atoms with Crippen molar-refractivity contribution in [1.82, 2.24) is 5.32 Å². The number of nitrogens with one attached hydrogen (secondary N) is 1. The van der Waals surface area contributed by atoms with Gasteiger partial charge in [-0.1, -0.05) is 31.5 Å². The zero-order valence-electron chi connectivity index (χ0n) is 8.80. The summed E-state index contributed by atoms with van der Waals surface area (Å²) in [6.07, 6.45) is 0. The van der Waals surface area contributed by atoms with Crippen LogP contribution >= 0.6 is 23.4 Å². The lowest BCUT2D eigenvalue weighted by Crippen LogP contribution is -2.06.